The van der Waals surface area contributed by atoms with Crippen molar-refractivity contribution in [1.29, 1.82) is 0 Å². The number of aryl methyl sites for hydroxylation is 1. The fourth-order valence-corrected chi connectivity index (χ4v) is 3.42. The second kappa shape index (κ2) is 14.5. The van der Waals surface area contributed by atoms with Crippen LogP contribution in [0.3, 0.4) is 0 Å². The smallest absolute Gasteiger partial charge is 0.237 e. The lowest BCUT2D eigenvalue weighted by atomic mass is 10.0. The van der Waals surface area contributed by atoms with E-state index in [1.54, 1.807) is 0 Å². The number of aromatic nitrogens is 2. The molecule has 0 aromatic carbocycles. The molecule has 1 aromatic heterocycles. The first-order valence-corrected chi connectivity index (χ1v) is 10.8. The van der Waals surface area contributed by atoms with Crippen LogP contribution in [-0.2, 0) is 6.54 Å². The highest BCUT2D eigenvalue weighted by molar-refractivity contribution is 4.72. The van der Waals surface area contributed by atoms with Crippen molar-refractivity contribution < 1.29 is 4.57 Å². The lowest BCUT2D eigenvalue weighted by Gasteiger charge is -2.08. The average molecular weight is 336 g/mol. The average Bonchev–Trinajstić information content (AvgIpc) is 3.06. The molecule has 24 heavy (non-hydrogen) atoms. The Morgan fingerprint density at radius 3 is 1.92 bits per heavy atom. The van der Waals surface area contributed by atoms with Crippen LogP contribution in [0.25, 0.3) is 0 Å². The van der Waals surface area contributed by atoms with Gasteiger partial charge in [-0.15, -0.1) is 0 Å². The molecule has 0 aliphatic rings. The van der Waals surface area contributed by atoms with Gasteiger partial charge in [-0.05, 0) is 32.6 Å². The van der Waals surface area contributed by atoms with E-state index in [0.717, 1.165) is 0 Å². The van der Waals surface area contributed by atoms with Gasteiger partial charge in [0.2, 0.25) is 6.33 Å². The van der Waals surface area contributed by atoms with E-state index in [1.807, 2.05) is 0 Å². The summed E-state index contributed by atoms with van der Waals surface area (Å²) in [4.78, 5) is 0. The summed E-state index contributed by atoms with van der Waals surface area (Å²) in [5.41, 5.74) is 0. The Morgan fingerprint density at radius 1 is 0.750 bits per heavy atom. The summed E-state index contributed by atoms with van der Waals surface area (Å²) in [6.45, 7) is 8.11. The Kier molecular flexibility index (Phi) is 12.9. The summed E-state index contributed by atoms with van der Waals surface area (Å²) < 4.78 is 4.77. The molecule has 0 bridgehead atoms. The van der Waals surface area contributed by atoms with Gasteiger partial charge in [0, 0.05) is 0 Å². The largest absolute Gasteiger partial charge is 0.243 e. The van der Waals surface area contributed by atoms with Crippen molar-refractivity contribution in [3.63, 3.8) is 0 Å². The predicted octanol–water partition coefficient (Wildman–Crippen LogP) is 6.84. The first kappa shape index (κ1) is 21.3. The summed E-state index contributed by atoms with van der Waals surface area (Å²) in [5, 5.41) is 0. The van der Waals surface area contributed by atoms with E-state index in [1.165, 1.54) is 96.4 Å². The van der Waals surface area contributed by atoms with Crippen LogP contribution in [0.4, 0.5) is 0 Å². The zero-order valence-corrected chi connectivity index (χ0v) is 16.8. The van der Waals surface area contributed by atoms with E-state index in [9.17, 15) is 0 Å². The van der Waals surface area contributed by atoms with E-state index in [-0.39, 0.29) is 0 Å². The lowest BCUT2D eigenvalue weighted by molar-refractivity contribution is -0.697. The minimum atomic E-state index is 0.645. The Labute approximate surface area is 151 Å². The molecule has 0 N–H and O–H groups in total. The zero-order chi connectivity index (χ0) is 17.5. The molecule has 0 fully saturated rings. The maximum Gasteiger partial charge on any atom is 0.243 e. The summed E-state index contributed by atoms with van der Waals surface area (Å²) in [5.74, 6) is 0. The molecule has 1 heterocycles. The first-order valence-electron chi connectivity index (χ1n) is 10.8. The van der Waals surface area contributed by atoms with E-state index in [4.69, 9.17) is 0 Å². The van der Waals surface area contributed by atoms with Crippen molar-refractivity contribution in [3.05, 3.63) is 18.7 Å². The summed E-state index contributed by atoms with van der Waals surface area (Å²) in [6, 6.07) is 0.645. The number of imidazole rings is 1. The Bertz CT molecular complexity index is 383. The quantitative estimate of drug-likeness (QED) is 0.231. The van der Waals surface area contributed by atoms with Crippen molar-refractivity contribution in [2.75, 3.05) is 0 Å². The number of rotatable bonds is 16. The first-order chi connectivity index (χ1) is 11.8. The molecule has 1 aromatic rings. The van der Waals surface area contributed by atoms with Gasteiger partial charge in [0.25, 0.3) is 0 Å². The standard InChI is InChI=1S/C22H43N2/c1-4-6-8-10-11-12-13-14-15-17-22(3)24-20-19-23(21-24)18-16-9-7-5-2/h19-22H,4-18H2,1-3H3/q+1. The molecular weight excluding hydrogens is 292 g/mol. The molecule has 0 aliphatic carbocycles. The van der Waals surface area contributed by atoms with Crippen molar-refractivity contribution >= 4 is 0 Å². The van der Waals surface area contributed by atoms with Crippen LogP contribution in [0.15, 0.2) is 18.7 Å². The molecule has 1 rings (SSSR count). The molecule has 0 saturated carbocycles. The van der Waals surface area contributed by atoms with Gasteiger partial charge >= 0.3 is 0 Å². The maximum absolute atomic E-state index is 2.41. The molecule has 0 spiro atoms. The lowest BCUT2D eigenvalue weighted by Crippen LogP contribution is -2.31. The number of hydrogen-bond donors (Lipinski definition) is 0. The Balaban J connectivity index is 2.04. The third-order valence-electron chi connectivity index (χ3n) is 5.22. The van der Waals surface area contributed by atoms with Gasteiger partial charge in [-0.3, -0.25) is 0 Å². The second-order valence-electron chi connectivity index (χ2n) is 7.63. The topological polar surface area (TPSA) is 8.81 Å². The van der Waals surface area contributed by atoms with Gasteiger partial charge in [-0.25, -0.2) is 9.13 Å². The van der Waals surface area contributed by atoms with Gasteiger partial charge < -0.3 is 0 Å². The van der Waals surface area contributed by atoms with E-state index >= 15 is 0 Å². The fourth-order valence-electron chi connectivity index (χ4n) is 3.42. The van der Waals surface area contributed by atoms with Crippen LogP contribution in [0.1, 0.15) is 117 Å². The highest BCUT2D eigenvalue weighted by Gasteiger charge is 2.11. The highest BCUT2D eigenvalue weighted by atomic mass is 15.1. The zero-order valence-electron chi connectivity index (χ0n) is 16.8. The van der Waals surface area contributed by atoms with Gasteiger partial charge in [0.15, 0.2) is 0 Å². The molecule has 1 atom stereocenters. The molecule has 0 amide bonds. The Hall–Kier alpha value is -0.790. The molecule has 2 heteroatoms. The molecule has 0 radical (unpaired) electrons. The van der Waals surface area contributed by atoms with E-state index in [0.29, 0.717) is 6.04 Å². The number of unbranched alkanes of at least 4 members (excludes halogenated alkanes) is 11. The van der Waals surface area contributed by atoms with Crippen LogP contribution in [0.2, 0.25) is 0 Å². The monoisotopic (exact) mass is 335 g/mol. The normalized spacial score (nSPS) is 12.6. The number of nitrogens with zero attached hydrogens (tertiary/aromatic N) is 2. The molecular formula is C22H43N2+. The van der Waals surface area contributed by atoms with Gasteiger partial charge in [0.1, 0.15) is 12.4 Å². The SMILES string of the molecule is CCCCCCCCCCCC(C)n1cc[n+](CCCCCC)c1. The minimum absolute atomic E-state index is 0.645. The number of hydrogen-bond acceptors (Lipinski definition) is 0. The van der Waals surface area contributed by atoms with Crippen molar-refractivity contribution in [3.8, 4) is 0 Å². The summed E-state index contributed by atoms with van der Waals surface area (Å²) in [7, 11) is 0. The van der Waals surface area contributed by atoms with Crippen LogP contribution in [0.5, 0.6) is 0 Å². The fraction of sp³-hybridized carbons (Fsp3) is 0.864. The molecule has 1 unspecified atom stereocenters. The molecule has 140 valence electrons. The van der Waals surface area contributed by atoms with Crippen molar-refractivity contribution in [2.24, 2.45) is 0 Å². The van der Waals surface area contributed by atoms with Crippen LogP contribution in [-0.4, -0.2) is 4.57 Å². The van der Waals surface area contributed by atoms with Crippen LogP contribution in [0, 0.1) is 0 Å². The Morgan fingerprint density at radius 2 is 1.29 bits per heavy atom. The van der Waals surface area contributed by atoms with Crippen molar-refractivity contribution in [1.82, 2.24) is 4.57 Å². The molecule has 0 saturated heterocycles. The predicted molar refractivity (Wildman–Crippen MR) is 105 cm³/mol. The third-order valence-corrected chi connectivity index (χ3v) is 5.22. The molecule has 2 nitrogen and oxygen atoms in total. The van der Waals surface area contributed by atoms with Crippen molar-refractivity contribution in [2.45, 2.75) is 123 Å². The molecule has 0 aliphatic heterocycles. The third kappa shape index (κ3) is 10.2. The van der Waals surface area contributed by atoms with E-state index < -0.39 is 0 Å². The summed E-state index contributed by atoms with van der Waals surface area (Å²) >= 11 is 0. The van der Waals surface area contributed by atoms with Gasteiger partial charge in [0.05, 0.1) is 12.6 Å². The summed E-state index contributed by atoms with van der Waals surface area (Å²) in [6.07, 6.45) is 26.3. The minimum Gasteiger partial charge on any atom is -0.237 e. The second-order valence-corrected chi connectivity index (χ2v) is 7.63. The van der Waals surface area contributed by atoms with E-state index in [2.05, 4.69) is 48.6 Å². The maximum atomic E-state index is 2.41. The van der Waals surface area contributed by atoms with Gasteiger partial charge in [-0.2, -0.15) is 0 Å². The van der Waals surface area contributed by atoms with Crippen LogP contribution < -0.4 is 4.57 Å². The highest BCUT2D eigenvalue weighted by Crippen LogP contribution is 2.16. The van der Waals surface area contributed by atoms with Crippen LogP contribution >= 0.6 is 0 Å². The van der Waals surface area contributed by atoms with Gasteiger partial charge in [-0.1, -0.05) is 78.1 Å².